The van der Waals surface area contributed by atoms with Gasteiger partial charge in [0.05, 0.1) is 16.9 Å². The van der Waals surface area contributed by atoms with Crippen LogP contribution in [0.5, 0.6) is 0 Å². The second-order valence-corrected chi connectivity index (χ2v) is 7.36. The SMILES string of the molecule is CCCn1ncc(Cl)c1C1CC(C)CCC1CNC(C)C. The number of halogens is 1. The molecule has 120 valence electrons. The zero-order valence-corrected chi connectivity index (χ0v) is 14.7. The van der Waals surface area contributed by atoms with Crippen molar-refractivity contribution in [3.63, 3.8) is 0 Å². The van der Waals surface area contributed by atoms with E-state index in [2.05, 4.69) is 42.8 Å². The van der Waals surface area contributed by atoms with Crippen LogP contribution in [0.2, 0.25) is 5.02 Å². The van der Waals surface area contributed by atoms with Crippen molar-refractivity contribution < 1.29 is 0 Å². The van der Waals surface area contributed by atoms with Crippen molar-refractivity contribution in [1.29, 1.82) is 0 Å². The van der Waals surface area contributed by atoms with Crippen molar-refractivity contribution >= 4 is 11.6 Å². The lowest BCUT2D eigenvalue weighted by Gasteiger charge is -2.36. The van der Waals surface area contributed by atoms with Crippen LogP contribution in [-0.2, 0) is 6.54 Å². The number of aryl methyl sites for hydroxylation is 1. The molecule has 0 spiro atoms. The summed E-state index contributed by atoms with van der Waals surface area (Å²) in [4.78, 5) is 0. The Bertz CT molecular complexity index is 441. The molecular formula is C17H30ClN3. The highest BCUT2D eigenvalue weighted by atomic mass is 35.5. The third kappa shape index (κ3) is 4.23. The molecule has 0 aromatic carbocycles. The summed E-state index contributed by atoms with van der Waals surface area (Å²) in [6.07, 6.45) is 6.79. The summed E-state index contributed by atoms with van der Waals surface area (Å²) >= 11 is 6.49. The largest absolute Gasteiger partial charge is 0.314 e. The minimum absolute atomic E-state index is 0.543. The normalized spacial score (nSPS) is 26.5. The standard InChI is InChI=1S/C17H30ClN3/c1-5-8-21-17(16(18)11-20-21)15-9-13(4)6-7-14(15)10-19-12(2)3/h11-15,19H,5-10H2,1-4H3. The lowest BCUT2D eigenvalue weighted by molar-refractivity contribution is 0.229. The molecule has 2 rings (SSSR count). The van der Waals surface area contributed by atoms with E-state index in [9.17, 15) is 0 Å². The molecule has 3 nitrogen and oxygen atoms in total. The molecule has 1 heterocycles. The Morgan fingerprint density at radius 1 is 1.43 bits per heavy atom. The van der Waals surface area contributed by atoms with Crippen LogP contribution in [0.4, 0.5) is 0 Å². The van der Waals surface area contributed by atoms with Crippen LogP contribution < -0.4 is 5.32 Å². The van der Waals surface area contributed by atoms with Crippen LogP contribution in [0.15, 0.2) is 6.20 Å². The molecule has 1 aliphatic carbocycles. The van der Waals surface area contributed by atoms with E-state index in [-0.39, 0.29) is 0 Å². The second kappa shape index (κ2) is 7.64. The Balaban J connectivity index is 2.21. The molecule has 3 unspecified atom stereocenters. The first-order chi connectivity index (χ1) is 10.0. The van der Waals surface area contributed by atoms with Crippen molar-refractivity contribution in [1.82, 2.24) is 15.1 Å². The van der Waals surface area contributed by atoms with Crippen molar-refractivity contribution in [2.75, 3.05) is 6.54 Å². The molecule has 1 aromatic heterocycles. The lowest BCUT2D eigenvalue weighted by Crippen LogP contribution is -2.35. The summed E-state index contributed by atoms with van der Waals surface area (Å²) in [5.41, 5.74) is 1.28. The first-order valence-corrected chi connectivity index (χ1v) is 8.85. The molecule has 1 N–H and O–H groups in total. The molecule has 0 aliphatic heterocycles. The van der Waals surface area contributed by atoms with Gasteiger partial charge >= 0.3 is 0 Å². The smallest absolute Gasteiger partial charge is 0.0820 e. The van der Waals surface area contributed by atoms with E-state index in [1.165, 1.54) is 25.0 Å². The van der Waals surface area contributed by atoms with E-state index in [0.717, 1.165) is 30.5 Å². The fourth-order valence-corrected chi connectivity index (χ4v) is 3.82. The Labute approximate surface area is 134 Å². The molecule has 1 aliphatic rings. The molecule has 4 heteroatoms. The first kappa shape index (κ1) is 16.8. The number of nitrogens with zero attached hydrogens (tertiary/aromatic N) is 2. The molecule has 1 aromatic rings. The number of aromatic nitrogens is 2. The summed E-state index contributed by atoms with van der Waals surface area (Å²) in [7, 11) is 0. The predicted molar refractivity (Wildman–Crippen MR) is 89.9 cm³/mol. The van der Waals surface area contributed by atoms with E-state index >= 15 is 0 Å². The first-order valence-electron chi connectivity index (χ1n) is 8.47. The molecule has 1 saturated carbocycles. The average Bonchev–Trinajstić information content (AvgIpc) is 2.78. The van der Waals surface area contributed by atoms with E-state index < -0.39 is 0 Å². The fraction of sp³-hybridized carbons (Fsp3) is 0.824. The van der Waals surface area contributed by atoms with Crippen molar-refractivity contribution in [2.24, 2.45) is 11.8 Å². The van der Waals surface area contributed by atoms with Gasteiger partial charge in [0.15, 0.2) is 0 Å². The van der Waals surface area contributed by atoms with Crippen molar-refractivity contribution in [2.45, 2.75) is 71.9 Å². The summed E-state index contributed by atoms with van der Waals surface area (Å²) in [6, 6.07) is 0.543. The highest BCUT2D eigenvalue weighted by Gasteiger charge is 2.33. The van der Waals surface area contributed by atoms with Gasteiger partial charge in [0.2, 0.25) is 0 Å². The van der Waals surface area contributed by atoms with Crippen LogP contribution in [0.3, 0.4) is 0 Å². The Morgan fingerprint density at radius 3 is 2.86 bits per heavy atom. The van der Waals surface area contributed by atoms with Crippen LogP contribution in [0.1, 0.15) is 65.0 Å². The monoisotopic (exact) mass is 311 g/mol. The van der Waals surface area contributed by atoms with Crippen LogP contribution in [-0.4, -0.2) is 22.4 Å². The third-order valence-electron chi connectivity index (χ3n) is 4.66. The quantitative estimate of drug-likeness (QED) is 0.840. The maximum atomic E-state index is 6.49. The number of hydrogen-bond acceptors (Lipinski definition) is 2. The van der Waals surface area contributed by atoms with Gasteiger partial charge in [0, 0.05) is 18.5 Å². The van der Waals surface area contributed by atoms with E-state index in [1.54, 1.807) is 0 Å². The van der Waals surface area contributed by atoms with Crippen molar-refractivity contribution in [3.05, 3.63) is 16.9 Å². The van der Waals surface area contributed by atoms with Gasteiger partial charge in [0.25, 0.3) is 0 Å². The molecule has 21 heavy (non-hydrogen) atoms. The molecular weight excluding hydrogens is 282 g/mol. The third-order valence-corrected chi connectivity index (χ3v) is 4.95. The van der Waals surface area contributed by atoms with E-state index in [1.807, 2.05) is 6.20 Å². The Morgan fingerprint density at radius 2 is 2.19 bits per heavy atom. The van der Waals surface area contributed by atoms with Gasteiger partial charge in [-0.25, -0.2) is 0 Å². The van der Waals surface area contributed by atoms with Gasteiger partial charge in [-0.15, -0.1) is 0 Å². The number of rotatable bonds is 6. The predicted octanol–water partition coefficient (Wildman–Crippen LogP) is 4.46. The molecule has 0 bridgehead atoms. The molecule has 3 atom stereocenters. The molecule has 0 amide bonds. The molecule has 0 saturated heterocycles. The summed E-state index contributed by atoms with van der Waals surface area (Å²) in [5, 5.41) is 8.98. The van der Waals surface area contributed by atoms with E-state index in [0.29, 0.717) is 17.9 Å². The lowest BCUT2D eigenvalue weighted by atomic mass is 9.73. The minimum atomic E-state index is 0.543. The van der Waals surface area contributed by atoms with Gasteiger partial charge in [-0.2, -0.15) is 5.10 Å². The summed E-state index contributed by atoms with van der Waals surface area (Å²) < 4.78 is 2.15. The highest BCUT2D eigenvalue weighted by molar-refractivity contribution is 6.31. The highest BCUT2D eigenvalue weighted by Crippen LogP contribution is 2.42. The zero-order valence-electron chi connectivity index (χ0n) is 13.9. The molecule has 0 radical (unpaired) electrons. The van der Waals surface area contributed by atoms with Gasteiger partial charge in [-0.1, -0.05) is 45.7 Å². The topological polar surface area (TPSA) is 29.9 Å². The van der Waals surface area contributed by atoms with Crippen LogP contribution in [0.25, 0.3) is 0 Å². The Kier molecular flexibility index (Phi) is 6.12. The fourth-order valence-electron chi connectivity index (χ4n) is 3.54. The van der Waals surface area contributed by atoms with Crippen molar-refractivity contribution in [3.8, 4) is 0 Å². The molecule has 1 fully saturated rings. The van der Waals surface area contributed by atoms with Crippen LogP contribution in [0, 0.1) is 11.8 Å². The average molecular weight is 312 g/mol. The van der Waals surface area contributed by atoms with E-state index in [4.69, 9.17) is 11.6 Å². The zero-order chi connectivity index (χ0) is 15.4. The van der Waals surface area contributed by atoms with Gasteiger partial charge in [-0.3, -0.25) is 4.68 Å². The van der Waals surface area contributed by atoms with Gasteiger partial charge in [0.1, 0.15) is 0 Å². The number of nitrogens with one attached hydrogen (secondary N) is 1. The summed E-state index contributed by atoms with van der Waals surface area (Å²) in [6.45, 7) is 11.1. The maximum absolute atomic E-state index is 6.49. The maximum Gasteiger partial charge on any atom is 0.0820 e. The van der Waals surface area contributed by atoms with Gasteiger partial charge < -0.3 is 5.32 Å². The van der Waals surface area contributed by atoms with Gasteiger partial charge in [-0.05, 0) is 37.6 Å². The minimum Gasteiger partial charge on any atom is -0.314 e. The second-order valence-electron chi connectivity index (χ2n) is 6.95. The number of hydrogen-bond donors (Lipinski definition) is 1. The van der Waals surface area contributed by atoms with Crippen LogP contribution >= 0.6 is 11.6 Å². The Hall–Kier alpha value is -0.540. The summed E-state index contributed by atoms with van der Waals surface area (Å²) in [5.74, 6) is 2.00.